The smallest absolute Gasteiger partial charge is 0.398 e. The first kappa shape index (κ1) is 16.5. The number of rotatable bonds is 1. The molecule has 0 heterocycles. The number of halogens is 3. The van der Waals surface area contributed by atoms with Gasteiger partial charge >= 0.3 is 6.30 Å². The van der Waals surface area contributed by atoms with Crippen LogP contribution in [0.15, 0.2) is 66.7 Å². The molecule has 3 aromatic carbocycles. The lowest BCUT2D eigenvalue weighted by atomic mass is 10.1. The minimum Gasteiger partial charge on any atom is -0.398 e. The van der Waals surface area contributed by atoms with Gasteiger partial charge in [0.25, 0.3) is 0 Å². The fraction of sp³-hybridized carbons (Fsp3) is 0.0588. The van der Waals surface area contributed by atoms with Crippen LogP contribution in [-0.2, 0) is 0 Å². The molecular formula is C17H16F3N3. The number of benzene rings is 3. The molecule has 0 fully saturated rings. The Morgan fingerprint density at radius 1 is 0.652 bits per heavy atom. The Labute approximate surface area is 131 Å². The van der Waals surface area contributed by atoms with Gasteiger partial charge in [-0.1, -0.05) is 42.5 Å². The van der Waals surface area contributed by atoms with Gasteiger partial charge in [0.2, 0.25) is 0 Å². The summed E-state index contributed by atoms with van der Waals surface area (Å²) >= 11 is 0. The van der Waals surface area contributed by atoms with Gasteiger partial charge in [-0.25, -0.2) is 0 Å². The lowest BCUT2D eigenvalue weighted by Crippen LogP contribution is -2.20. The first-order valence-corrected chi connectivity index (χ1v) is 6.79. The van der Waals surface area contributed by atoms with Crippen LogP contribution in [0.3, 0.4) is 0 Å². The van der Waals surface area contributed by atoms with Crippen molar-refractivity contribution in [2.45, 2.75) is 6.30 Å². The largest absolute Gasteiger partial charge is 0.482 e. The summed E-state index contributed by atoms with van der Waals surface area (Å²) in [5.74, 6) is 0. The van der Waals surface area contributed by atoms with Gasteiger partial charge in [0.15, 0.2) is 0 Å². The Balaban J connectivity index is 0.000000168. The minimum atomic E-state index is -4.35. The Morgan fingerprint density at radius 2 is 1.13 bits per heavy atom. The molecule has 120 valence electrons. The monoisotopic (exact) mass is 319 g/mol. The zero-order valence-electron chi connectivity index (χ0n) is 12.1. The molecule has 3 nitrogen and oxygen atoms in total. The Morgan fingerprint density at radius 3 is 1.57 bits per heavy atom. The average Bonchev–Trinajstić information content (AvgIpc) is 2.49. The van der Waals surface area contributed by atoms with Gasteiger partial charge in [-0.05, 0) is 24.3 Å². The molecule has 0 aliphatic carbocycles. The van der Waals surface area contributed by atoms with Crippen molar-refractivity contribution < 1.29 is 13.2 Å². The number of para-hydroxylation sites is 1. The second kappa shape index (κ2) is 6.91. The second-order valence-corrected chi connectivity index (χ2v) is 4.78. The molecule has 23 heavy (non-hydrogen) atoms. The quantitative estimate of drug-likeness (QED) is 0.453. The third-order valence-electron chi connectivity index (χ3n) is 3.05. The van der Waals surface area contributed by atoms with Crippen molar-refractivity contribution in [3.05, 3.63) is 66.7 Å². The van der Waals surface area contributed by atoms with Crippen molar-refractivity contribution in [3.8, 4) is 0 Å². The second-order valence-electron chi connectivity index (χ2n) is 4.78. The lowest BCUT2D eigenvalue weighted by Gasteiger charge is -2.08. The maximum Gasteiger partial charge on any atom is 0.482 e. The summed E-state index contributed by atoms with van der Waals surface area (Å²) < 4.78 is 34.9. The third-order valence-corrected chi connectivity index (χ3v) is 3.05. The van der Waals surface area contributed by atoms with Crippen LogP contribution in [0.25, 0.3) is 10.8 Å². The summed E-state index contributed by atoms with van der Waals surface area (Å²) in [5, 5.41) is 3.43. The molecule has 0 saturated carbocycles. The van der Waals surface area contributed by atoms with Crippen LogP contribution in [0.4, 0.5) is 30.2 Å². The number of fused-ring (bicyclic) bond motifs is 1. The lowest BCUT2D eigenvalue weighted by molar-refractivity contribution is -0.0999. The molecule has 0 atom stereocenters. The molecule has 5 N–H and O–H groups in total. The highest BCUT2D eigenvalue weighted by atomic mass is 19.4. The van der Waals surface area contributed by atoms with E-state index in [-0.39, 0.29) is 5.69 Å². The van der Waals surface area contributed by atoms with E-state index in [0.29, 0.717) is 0 Å². The van der Waals surface area contributed by atoms with E-state index in [9.17, 15) is 13.2 Å². The van der Waals surface area contributed by atoms with E-state index in [1.165, 1.54) is 29.6 Å². The van der Waals surface area contributed by atoms with Crippen LogP contribution in [0.2, 0.25) is 0 Å². The number of alkyl halides is 3. The van der Waals surface area contributed by atoms with Crippen molar-refractivity contribution >= 4 is 27.8 Å². The van der Waals surface area contributed by atoms with E-state index in [0.717, 1.165) is 22.1 Å². The average molecular weight is 319 g/mol. The van der Waals surface area contributed by atoms with E-state index in [4.69, 9.17) is 11.5 Å². The highest BCUT2D eigenvalue weighted by molar-refractivity contribution is 5.99. The van der Waals surface area contributed by atoms with Crippen LogP contribution in [-0.4, -0.2) is 6.30 Å². The van der Waals surface area contributed by atoms with Crippen LogP contribution in [0.5, 0.6) is 0 Å². The summed E-state index contributed by atoms with van der Waals surface area (Å²) in [7, 11) is 0. The number of nitrogens with one attached hydrogen (secondary N) is 1. The third kappa shape index (κ3) is 4.81. The van der Waals surface area contributed by atoms with Crippen molar-refractivity contribution in [1.82, 2.24) is 0 Å². The zero-order chi connectivity index (χ0) is 16.9. The van der Waals surface area contributed by atoms with E-state index in [2.05, 4.69) is 0 Å². The van der Waals surface area contributed by atoms with Crippen molar-refractivity contribution in [3.63, 3.8) is 0 Å². The topological polar surface area (TPSA) is 64.1 Å². The predicted octanol–water partition coefficient (Wildman–Crippen LogP) is 4.62. The standard InChI is InChI=1S/C10H10N2.C7H6F3N/c11-9-5-1-3-7-8(9)4-2-6-10(7)12;8-7(9,10)11-6-4-2-1-3-5-6/h1-6H,11-12H2;1-5,11H. The van der Waals surface area contributed by atoms with Gasteiger partial charge in [-0.3, -0.25) is 5.32 Å². The van der Waals surface area contributed by atoms with Crippen LogP contribution < -0.4 is 16.8 Å². The molecule has 0 unspecified atom stereocenters. The van der Waals surface area contributed by atoms with Crippen molar-refractivity contribution in [2.24, 2.45) is 0 Å². The Bertz CT molecular complexity index is 730. The number of nitrogens with two attached hydrogens (primary N) is 2. The normalized spacial score (nSPS) is 10.7. The molecule has 0 aromatic heterocycles. The molecule has 6 heteroatoms. The SMILES string of the molecule is FC(F)(F)Nc1ccccc1.Nc1cccc2c(N)cccc12. The fourth-order valence-corrected chi connectivity index (χ4v) is 2.04. The molecule has 0 aliphatic heterocycles. The zero-order valence-corrected chi connectivity index (χ0v) is 12.1. The molecule has 3 rings (SSSR count). The molecule has 0 bridgehead atoms. The van der Waals surface area contributed by atoms with Gasteiger partial charge in [0.1, 0.15) is 0 Å². The van der Waals surface area contributed by atoms with E-state index < -0.39 is 6.30 Å². The summed E-state index contributed by atoms with van der Waals surface area (Å²) in [4.78, 5) is 0. The van der Waals surface area contributed by atoms with E-state index >= 15 is 0 Å². The highest BCUT2D eigenvalue weighted by Crippen LogP contribution is 2.25. The van der Waals surface area contributed by atoms with E-state index in [1.54, 1.807) is 6.07 Å². The van der Waals surface area contributed by atoms with Crippen molar-refractivity contribution in [2.75, 3.05) is 16.8 Å². The maximum atomic E-state index is 11.6. The highest BCUT2D eigenvalue weighted by Gasteiger charge is 2.26. The van der Waals surface area contributed by atoms with Crippen LogP contribution >= 0.6 is 0 Å². The molecular weight excluding hydrogens is 303 g/mol. The summed E-state index contributed by atoms with van der Waals surface area (Å²) in [6.45, 7) is 0. The van der Waals surface area contributed by atoms with Gasteiger partial charge < -0.3 is 11.5 Å². The van der Waals surface area contributed by atoms with Gasteiger partial charge in [0, 0.05) is 27.8 Å². The Hall–Kier alpha value is -2.89. The molecule has 0 radical (unpaired) electrons. The molecule has 0 spiro atoms. The Kier molecular flexibility index (Phi) is 4.95. The first-order chi connectivity index (χ1) is 10.9. The molecule has 3 aromatic rings. The fourth-order valence-electron chi connectivity index (χ4n) is 2.04. The van der Waals surface area contributed by atoms with Gasteiger partial charge in [-0.2, -0.15) is 13.2 Å². The summed E-state index contributed by atoms with van der Waals surface area (Å²) in [5.41, 5.74) is 13.1. The minimum absolute atomic E-state index is 0.0556. The maximum absolute atomic E-state index is 11.6. The molecule has 0 aliphatic rings. The first-order valence-electron chi connectivity index (χ1n) is 6.79. The summed E-state index contributed by atoms with van der Waals surface area (Å²) in [6.07, 6.45) is -4.35. The number of hydrogen-bond donors (Lipinski definition) is 3. The summed E-state index contributed by atoms with van der Waals surface area (Å²) in [6, 6.07) is 19.0. The van der Waals surface area contributed by atoms with Crippen molar-refractivity contribution in [1.29, 1.82) is 0 Å². The number of nitrogen functional groups attached to an aromatic ring is 2. The molecule has 0 amide bonds. The number of anilines is 3. The predicted molar refractivity (Wildman–Crippen MR) is 88.9 cm³/mol. The van der Waals surface area contributed by atoms with Crippen LogP contribution in [0, 0.1) is 0 Å². The van der Waals surface area contributed by atoms with E-state index in [1.807, 2.05) is 36.4 Å². The van der Waals surface area contributed by atoms with Gasteiger partial charge in [-0.15, -0.1) is 0 Å². The van der Waals surface area contributed by atoms with Gasteiger partial charge in [0.05, 0.1) is 0 Å². The number of hydrogen-bond acceptors (Lipinski definition) is 3. The molecule has 0 saturated heterocycles. The van der Waals surface area contributed by atoms with Crippen LogP contribution in [0.1, 0.15) is 0 Å².